The fraction of sp³-hybridized carbons (Fsp3) is 0.0833. The molecule has 5 rings (SSSR count). The molecule has 2 heterocycles. The van der Waals surface area contributed by atoms with Gasteiger partial charge in [-0.15, -0.1) is 0 Å². The first-order valence-corrected chi connectivity index (χ1v) is 10.3. The average Bonchev–Trinajstić information content (AvgIpc) is 3.24. The summed E-state index contributed by atoms with van der Waals surface area (Å²) in [6.45, 7) is 0.616. The van der Waals surface area contributed by atoms with Crippen molar-refractivity contribution in [1.29, 1.82) is 0 Å². The average molecular weight is 461 g/mol. The van der Waals surface area contributed by atoms with E-state index in [1.807, 2.05) is 72.8 Å². The van der Waals surface area contributed by atoms with Crippen LogP contribution in [0.1, 0.15) is 15.9 Å². The number of hydrogen-bond donors (Lipinski definition) is 1. The van der Waals surface area contributed by atoms with Gasteiger partial charge >= 0.3 is 0 Å². The number of nitrogens with zero attached hydrogens (tertiary/aromatic N) is 1. The summed E-state index contributed by atoms with van der Waals surface area (Å²) in [7, 11) is 0. The minimum atomic E-state index is -0.150. The van der Waals surface area contributed by atoms with Gasteiger partial charge in [0, 0.05) is 22.0 Å². The first-order valence-electron chi connectivity index (χ1n) is 9.50. The van der Waals surface area contributed by atoms with Crippen molar-refractivity contribution in [2.75, 3.05) is 6.79 Å². The van der Waals surface area contributed by atoms with E-state index in [1.165, 1.54) is 0 Å². The number of para-hydroxylation sites is 1. The van der Waals surface area contributed by atoms with Crippen LogP contribution in [0.4, 0.5) is 0 Å². The Kier molecular flexibility index (Phi) is 4.85. The van der Waals surface area contributed by atoms with Gasteiger partial charge in [-0.25, -0.2) is 4.98 Å². The molecule has 1 aromatic heterocycles. The van der Waals surface area contributed by atoms with E-state index < -0.39 is 0 Å². The summed E-state index contributed by atoms with van der Waals surface area (Å²) in [5.41, 5.74) is 4.01. The summed E-state index contributed by atoms with van der Waals surface area (Å²) in [5, 5.41) is 3.84. The Bertz CT molecular complexity index is 1270. The molecule has 0 atom stereocenters. The number of pyridine rings is 1. The third-order valence-corrected chi connectivity index (χ3v) is 5.46. The number of hydrogen-bond acceptors (Lipinski definition) is 4. The molecule has 3 aromatic carbocycles. The van der Waals surface area contributed by atoms with Crippen molar-refractivity contribution >= 4 is 32.7 Å². The van der Waals surface area contributed by atoms with Crippen LogP contribution in [0.3, 0.4) is 0 Å². The van der Waals surface area contributed by atoms with Crippen molar-refractivity contribution in [1.82, 2.24) is 10.3 Å². The monoisotopic (exact) mass is 460 g/mol. The maximum absolute atomic E-state index is 13.1. The van der Waals surface area contributed by atoms with Crippen LogP contribution in [-0.2, 0) is 6.54 Å². The summed E-state index contributed by atoms with van der Waals surface area (Å²) in [6.07, 6.45) is 0. The third-order valence-electron chi connectivity index (χ3n) is 4.97. The van der Waals surface area contributed by atoms with Crippen LogP contribution in [-0.4, -0.2) is 17.7 Å². The number of carbonyl (C=O) groups excluding carboxylic acids is 1. The molecule has 1 N–H and O–H groups in total. The topological polar surface area (TPSA) is 60.5 Å². The fourth-order valence-electron chi connectivity index (χ4n) is 3.49. The Labute approximate surface area is 181 Å². The van der Waals surface area contributed by atoms with Crippen LogP contribution in [0.25, 0.3) is 22.2 Å². The molecule has 0 saturated carbocycles. The van der Waals surface area contributed by atoms with Crippen molar-refractivity contribution in [3.8, 4) is 22.8 Å². The number of halogens is 1. The Morgan fingerprint density at radius 1 is 0.967 bits per heavy atom. The van der Waals surface area contributed by atoms with Gasteiger partial charge in [-0.1, -0.05) is 52.3 Å². The quantitative estimate of drug-likeness (QED) is 0.447. The Balaban J connectivity index is 1.47. The second-order valence-corrected chi connectivity index (χ2v) is 7.87. The Morgan fingerprint density at radius 3 is 2.73 bits per heavy atom. The second kappa shape index (κ2) is 7.80. The molecule has 148 valence electrons. The first-order chi connectivity index (χ1) is 14.7. The maximum atomic E-state index is 13.1. The van der Waals surface area contributed by atoms with Crippen LogP contribution in [0.5, 0.6) is 11.5 Å². The molecule has 5 nitrogen and oxygen atoms in total. The number of rotatable bonds is 4. The zero-order valence-electron chi connectivity index (χ0n) is 15.9. The van der Waals surface area contributed by atoms with Crippen molar-refractivity contribution in [3.05, 3.63) is 88.4 Å². The van der Waals surface area contributed by atoms with Crippen molar-refractivity contribution in [2.24, 2.45) is 0 Å². The summed E-state index contributed by atoms with van der Waals surface area (Å²) in [4.78, 5) is 17.9. The first kappa shape index (κ1) is 18.6. The standard InChI is InChI=1S/C24H17BrN2O3/c25-17-5-3-4-16(11-17)21-12-19(18-6-1-2-7-20(18)27-21)24(28)26-13-15-8-9-22-23(10-15)30-14-29-22/h1-12H,13-14H2,(H,26,28). The van der Waals surface area contributed by atoms with Gasteiger partial charge in [0.1, 0.15) is 0 Å². The number of fused-ring (bicyclic) bond motifs is 2. The summed E-state index contributed by atoms with van der Waals surface area (Å²) in [5.74, 6) is 1.28. The largest absolute Gasteiger partial charge is 0.454 e. The molecule has 1 amide bonds. The second-order valence-electron chi connectivity index (χ2n) is 6.95. The molecule has 0 fully saturated rings. The lowest BCUT2D eigenvalue weighted by atomic mass is 10.0. The highest BCUT2D eigenvalue weighted by atomic mass is 79.9. The molecule has 0 spiro atoms. The lowest BCUT2D eigenvalue weighted by molar-refractivity contribution is 0.0952. The number of amides is 1. The van der Waals surface area contributed by atoms with E-state index in [1.54, 1.807) is 0 Å². The van der Waals surface area contributed by atoms with Gasteiger partial charge in [-0.2, -0.15) is 0 Å². The molecule has 0 bridgehead atoms. The van der Waals surface area contributed by atoms with E-state index in [2.05, 4.69) is 21.2 Å². The Hall–Kier alpha value is -3.38. The minimum absolute atomic E-state index is 0.150. The minimum Gasteiger partial charge on any atom is -0.454 e. The predicted molar refractivity (Wildman–Crippen MR) is 119 cm³/mol. The smallest absolute Gasteiger partial charge is 0.252 e. The molecule has 1 aliphatic rings. The molecule has 30 heavy (non-hydrogen) atoms. The van der Waals surface area contributed by atoms with E-state index in [4.69, 9.17) is 14.5 Å². The molecular formula is C24H17BrN2O3. The van der Waals surface area contributed by atoms with Gasteiger partial charge in [0.2, 0.25) is 6.79 Å². The number of ether oxygens (including phenoxy) is 2. The molecular weight excluding hydrogens is 444 g/mol. The molecule has 0 radical (unpaired) electrons. The van der Waals surface area contributed by atoms with Gasteiger partial charge in [-0.3, -0.25) is 4.79 Å². The van der Waals surface area contributed by atoms with E-state index in [0.29, 0.717) is 17.9 Å². The number of nitrogens with one attached hydrogen (secondary N) is 1. The van der Waals surface area contributed by atoms with Crippen LogP contribution in [0.2, 0.25) is 0 Å². The van der Waals surface area contributed by atoms with Gasteiger partial charge in [0.15, 0.2) is 11.5 Å². The molecule has 0 aliphatic carbocycles. The molecule has 4 aromatic rings. The normalized spacial score (nSPS) is 12.2. The molecule has 6 heteroatoms. The maximum Gasteiger partial charge on any atom is 0.252 e. The SMILES string of the molecule is O=C(NCc1ccc2c(c1)OCO2)c1cc(-c2cccc(Br)c2)nc2ccccc12. The van der Waals surface area contributed by atoms with Crippen molar-refractivity contribution in [2.45, 2.75) is 6.54 Å². The van der Waals surface area contributed by atoms with Gasteiger partial charge in [0.05, 0.1) is 16.8 Å². The van der Waals surface area contributed by atoms with Crippen LogP contribution >= 0.6 is 15.9 Å². The predicted octanol–water partition coefficient (Wildman–Crippen LogP) is 5.32. The summed E-state index contributed by atoms with van der Waals surface area (Å²) < 4.78 is 11.7. The number of aromatic nitrogens is 1. The van der Waals surface area contributed by atoms with Gasteiger partial charge in [0.25, 0.3) is 5.91 Å². The summed E-state index contributed by atoms with van der Waals surface area (Å²) >= 11 is 3.50. The van der Waals surface area contributed by atoms with Crippen LogP contribution in [0.15, 0.2) is 77.3 Å². The van der Waals surface area contributed by atoms with E-state index in [-0.39, 0.29) is 12.7 Å². The fourth-order valence-corrected chi connectivity index (χ4v) is 3.89. The van der Waals surface area contributed by atoms with Crippen molar-refractivity contribution < 1.29 is 14.3 Å². The molecule has 0 saturated heterocycles. The summed E-state index contributed by atoms with van der Waals surface area (Å²) in [6, 6.07) is 23.1. The van der Waals surface area contributed by atoms with Crippen LogP contribution in [0, 0.1) is 0 Å². The van der Waals surface area contributed by atoms with E-state index >= 15 is 0 Å². The van der Waals surface area contributed by atoms with E-state index in [9.17, 15) is 4.79 Å². The highest BCUT2D eigenvalue weighted by Crippen LogP contribution is 2.32. The zero-order valence-corrected chi connectivity index (χ0v) is 17.5. The van der Waals surface area contributed by atoms with E-state index in [0.717, 1.165) is 37.9 Å². The highest BCUT2D eigenvalue weighted by Gasteiger charge is 2.16. The lowest BCUT2D eigenvalue weighted by Gasteiger charge is -2.11. The highest BCUT2D eigenvalue weighted by molar-refractivity contribution is 9.10. The van der Waals surface area contributed by atoms with Crippen molar-refractivity contribution in [3.63, 3.8) is 0 Å². The Morgan fingerprint density at radius 2 is 1.83 bits per heavy atom. The molecule has 1 aliphatic heterocycles. The number of benzene rings is 3. The van der Waals surface area contributed by atoms with Gasteiger partial charge < -0.3 is 14.8 Å². The lowest BCUT2D eigenvalue weighted by Crippen LogP contribution is -2.23. The third kappa shape index (κ3) is 3.62. The molecule has 0 unspecified atom stereocenters. The van der Waals surface area contributed by atoms with Crippen LogP contribution < -0.4 is 14.8 Å². The number of carbonyl (C=O) groups is 1. The van der Waals surface area contributed by atoms with Gasteiger partial charge in [-0.05, 0) is 42.0 Å². The zero-order chi connectivity index (χ0) is 20.5.